The number of hydrogen-bond donors (Lipinski definition) is 4. The van der Waals surface area contributed by atoms with Gasteiger partial charge in [0.2, 0.25) is 0 Å². The number of nitrogens with zero attached hydrogens (tertiary/aromatic N) is 7. The number of aromatic nitrogens is 9. The van der Waals surface area contributed by atoms with Crippen molar-refractivity contribution in [3.05, 3.63) is 65.9 Å². The minimum atomic E-state index is -0.960. The molecule has 5 heterocycles. The molecule has 6 rings (SSSR count). The Morgan fingerprint density at radius 3 is 2.68 bits per heavy atom. The first kappa shape index (κ1) is 26.5. The number of carbonyl (C=O) groups is 1. The largest absolute Gasteiger partial charge is 0.368 e. The fraction of sp³-hybridized carbons (Fsp3) is 0.370. The van der Waals surface area contributed by atoms with E-state index in [-0.39, 0.29) is 17.9 Å². The number of amides is 1. The predicted octanol–water partition coefficient (Wildman–Crippen LogP) is 3.77. The number of fused-ring (bicyclic) bond motifs is 1. The zero-order chi connectivity index (χ0) is 28.6. The van der Waals surface area contributed by atoms with E-state index < -0.39 is 11.4 Å². The number of H-pyrrole nitrogens is 2. The van der Waals surface area contributed by atoms with E-state index >= 15 is 0 Å². The Balaban J connectivity index is 1.13. The summed E-state index contributed by atoms with van der Waals surface area (Å²) in [5.74, 6) is 1.86. The van der Waals surface area contributed by atoms with Gasteiger partial charge in [0.1, 0.15) is 22.5 Å². The van der Waals surface area contributed by atoms with Gasteiger partial charge in [0, 0.05) is 31.0 Å². The maximum atomic E-state index is 13.5. The fourth-order valence-electron chi connectivity index (χ4n) is 5.23. The molecule has 0 spiro atoms. The van der Waals surface area contributed by atoms with Gasteiger partial charge in [-0.1, -0.05) is 6.07 Å². The number of halogens is 1. The van der Waals surface area contributed by atoms with Crippen LogP contribution in [0.3, 0.4) is 0 Å². The van der Waals surface area contributed by atoms with Crippen LogP contribution in [0.4, 0.5) is 16.0 Å². The molecule has 1 fully saturated rings. The fourth-order valence-corrected chi connectivity index (χ4v) is 5.23. The molecular formula is C27H30FN11O2. The minimum Gasteiger partial charge on any atom is -0.368 e. The molecule has 13 nitrogen and oxygen atoms in total. The van der Waals surface area contributed by atoms with E-state index in [9.17, 15) is 9.18 Å². The molecule has 1 amide bonds. The van der Waals surface area contributed by atoms with E-state index in [4.69, 9.17) is 14.7 Å². The summed E-state index contributed by atoms with van der Waals surface area (Å²) in [5.41, 5.74) is 2.18. The Bertz CT molecular complexity index is 1670. The maximum Gasteiger partial charge on any atom is 0.252 e. The zero-order valence-electron chi connectivity index (χ0n) is 22.8. The van der Waals surface area contributed by atoms with Gasteiger partial charge in [-0.05, 0) is 51.2 Å². The van der Waals surface area contributed by atoms with Gasteiger partial charge < -0.3 is 15.4 Å². The third kappa shape index (κ3) is 5.25. The molecule has 0 aliphatic heterocycles. The predicted molar refractivity (Wildman–Crippen MR) is 147 cm³/mol. The van der Waals surface area contributed by atoms with Gasteiger partial charge in [-0.3, -0.25) is 15.0 Å². The highest BCUT2D eigenvalue weighted by Gasteiger charge is 2.43. The van der Waals surface area contributed by atoms with Crippen LogP contribution in [0.15, 0.2) is 43.0 Å². The number of rotatable bonds is 8. The van der Waals surface area contributed by atoms with Gasteiger partial charge in [-0.2, -0.15) is 15.3 Å². The summed E-state index contributed by atoms with van der Waals surface area (Å²) in [5, 5.41) is 24.5. The highest BCUT2D eigenvalue weighted by atomic mass is 19.1. The first-order valence-electron chi connectivity index (χ1n) is 13.4. The van der Waals surface area contributed by atoms with E-state index in [1.165, 1.54) is 10.9 Å². The van der Waals surface area contributed by atoms with Gasteiger partial charge in [0.05, 0.1) is 24.6 Å². The molecule has 0 bridgehead atoms. The van der Waals surface area contributed by atoms with Crippen LogP contribution in [-0.2, 0) is 9.53 Å². The number of pyridine rings is 1. The summed E-state index contributed by atoms with van der Waals surface area (Å²) in [6.45, 7) is 3.81. The molecule has 1 saturated carbocycles. The molecule has 0 unspecified atom stereocenters. The quantitative estimate of drug-likeness (QED) is 0.221. The lowest BCUT2D eigenvalue weighted by molar-refractivity contribution is -0.148. The summed E-state index contributed by atoms with van der Waals surface area (Å²) < 4.78 is 20.5. The van der Waals surface area contributed by atoms with E-state index in [1.807, 2.05) is 26.0 Å². The lowest BCUT2D eigenvalue weighted by Gasteiger charge is -2.38. The number of nitrogens with one attached hydrogen (secondary N) is 4. The Hall–Kier alpha value is -4.72. The molecule has 5 aromatic rings. The van der Waals surface area contributed by atoms with E-state index in [1.54, 1.807) is 25.6 Å². The molecule has 4 N–H and O–H groups in total. The maximum absolute atomic E-state index is 13.5. The summed E-state index contributed by atoms with van der Waals surface area (Å²) in [4.78, 5) is 27.4. The number of anilines is 2. The van der Waals surface area contributed by atoms with Crippen molar-refractivity contribution in [2.75, 3.05) is 12.4 Å². The topological polar surface area (TPSA) is 164 Å². The molecule has 212 valence electrons. The molecule has 0 saturated heterocycles. The third-order valence-electron chi connectivity index (χ3n) is 7.64. The molecule has 5 aromatic heterocycles. The number of carbonyl (C=O) groups excluding carboxylic acids is 1. The average Bonchev–Trinajstić information content (AvgIpc) is 3.74. The Morgan fingerprint density at radius 2 is 2.02 bits per heavy atom. The number of ether oxygens (including phenoxy) is 1. The molecule has 0 aromatic carbocycles. The molecule has 41 heavy (non-hydrogen) atoms. The molecule has 1 aliphatic rings. The van der Waals surface area contributed by atoms with Crippen molar-refractivity contribution in [2.45, 2.75) is 57.1 Å². The lowest BCUT2D eigenvalue weighted by Crippen LogP contribution is -2.50. The second kappa shape index (κ2) is 10.7. The van der Waals surface area contributed by atoms with Crippen LogP contribution < -0.4 is 10.6 Å². The molecular weight excluding hydrogens is 529 g/mol. The lowest BCUT2D eigenvalue weighted by atomic mass is 9.77. The van der Waals surface area contributed by atoms with Crippen LogP contribution in [-0.4, -0.2) is 63.7 Å². The van der Waals surface area contributed by atoms with Crippen molar-refractivity contribution in [3.63, 3.8) is 0 Å². The molecule has 14 heteroatoms. The van der Waals surface area contributed by atoms with Crippen molar-refractivity contribution in [3.8, 4) is 5.82 Å². The van der Waals surface area contributed by atoms with Crippen molar-refractivity contribution in [1.29, 1.82) is 0 Å². The van der Waals surface area contributed by atoms with Gasteiger partial charge in [-0.15, -0.1) is 0 Å². The summed E-state index contributed by atoms with van der Waals surface area (Å²) in [7, 11) is 1.58. The Morgan fingerprint density at radius 1 is 1.20 bits per heavy atom. The van der Waals surface area contributed by atoms with Gasteiger partial charge in [0.15, 0.2) is 23.3 Å². The number of methoxy groups -OCH3 is 1. The monoisotopic (exact) mass is 559 g/mol. The summed E-state index contributed by atoms with van der Waals surface area (Å²) in [6, 6.07) is 5.15. The molecule has 1 aliphatic carbocycles. The van der Waals surface area contributed by atoms with E-state index in [2.05, 4.69) is 41.1 Å². The summed E-state index contributed by atoms with van der Waals surface area (Å²) >= 11 is 0. The molecule has 0 radical (unpaired) electrons. The van der Waals surface area contributed by atoms with Crippen LogP contribution in [0.5, 0.6) is 0 Å². The second-order valence-electron chi connectivity index (χ2n) is 10.3. The Kier molecular flexibility index (Phi) is 6.91. The normalized spacial score (nSPS) is 19.8. The zero-order valence-corrected chi connectivity index (χ0v) is 22.8. The van der Waals surface area contributed by atoms with Crippen LogP contribution >= 0.6 is 0 Å². The van der Waals surface area contributed by atoms with Crippen LogP contribution in [0.1, 0.15) is 61.6 Å². The first-order chi connectivity index (χ1) is 19.8. The van der Waals surface area contributed by atoms with Gasteiger partial charge >= 0.3 is 0 Å². The van der Waals surface area contributed by atoms with Crippen LogP contribution in [0.25, 0.3) is 16.9 Å². The van der Waals surface area contributed by atoms with Crippen LogP contribution in [0, 0.1) is 12.7 Å². The highest BCUT2D eigenvalue weighted by Crippen LogP contribution is 2.40. The summed E-state index contributed by atoms with van der Waals surface area (Å²) in [6.07, 6.45) is 8.08. The van der Waals surface area contributed by atoms with Crippen molar-refractivity contribution in [1.82, 2.24) is 50.4 Å². The first-order valence-corrected chi connectivity index (χ1v) is 13.4. The van der Waals surface area contributed by atoms with E-state index in [0.29, 0.717) is 60.0 Å². The number of hydrogen-bond acceptors (Lipinski definition) is 9. The highest BCUT2D eigenvalue weighted by molar-refractivity contribution is 5.87. The Labute approximate surface area is 234 Å². The van der Waals surface area contributed by atoms with Gasteiger partial charge in [-0.25, -0.2) is 24.0 Å². The smallest absolute Gasteiger partial charge is 0.252 e. The molecule has 1 atom stereocenters. The van der Waals surface area contributed by atoms with Crippen LogP contribution in [0.2, 0.25) is 0 Å². The number of aromatic amines is 2. The van der Waals surface area contributed by atoms with Gasteiger partial charge in [0.25, 0.3) is 5.91 Å². The SMILES string of the molecule is COC1(C(=O)N[C@@H](C)c2ccc(-n3cc(F)cn3)nc2)CCC(c2nc(Nc3cc(C)[nH]n3)c3[nH]ncc3n2)CC1. The standard InChI is InChI=1S/C27H30FN11O2/c1-15-10-21(37-36-15)34-25-23-20(13-30-38-23)33-24(35-25)17-6-8-27(41-3,9-7-17)26(40)32-16(2)18-4-5-22(29-11-18)39-14-19(28)12-31-39/h4-5,10-14,16-17H,6-9H2,1-3H3,(H,30,38)(H,32,40)(H2,33,34,35,36,37)/t16-,17?,27?/m0/s1. The number of aryl methyl sites for hydroxylation is 1. The second-order valence-corrected chi connectivity index (χ2v) is 10.3. The van der Waals surface area contributed by atoms with E-state index in [0.717, 1.165) is 17.5 Å². The van der Waals surface area contributed by atoms with Crippen molar-refractivity contribution >= 4 is 28.6 Å². The average molecular weight is 560 g/mol. The van der Waals surface area contributed by atoms with Crippen molar-refractivity contribution in [2.24, 2.45) is 0 Å². The third-order valence-corrected chi connectivity index (χ3v) is 7.64. The minimum absolute atomic E-state index is 0.0492. The van der Waals surface area contributed by atoms with Crippen molar-refractivity contribution < 1.29 is 13.9 Å².